The van der Waals surface area contributed by atoms with Gasteiger partial charge >= 0.3 is 0 Å². The Balaban J connectivity index is 0.00000484. The minimum absolute atomic E-state index is 0. The summed E-state index contributed by atoms with van der Waals surface area (Å²) in [6.45, 7) is 12.5. The highest BCUT2D eigenvalue weighted by Crippen LogP contribution is 2.15. The molecule has 1 saturated heterocycles. The average Bonchev–Trinajstić information content (AvgIpc) is 2.49. The number of halogens is 1. The molecule has 3 N–H and O–H groups in total. The second-order valence-corrected chi connectivity index (χ2v) is 6.05. The van der Waals surface area contributed by atoms with E-state index in [9.17, 15) is 4.79 Å². The van der Waals surface area contributed by atoms with E-state index in [1.807, 2.05) is 0 Å². The maximum atomic E-state index is 10.8. The molecule has 0 radical (unpaired) electrons. The molecule has 1 amide bonds. The normalized spacial score (nSPS) is 16.6. The van der Waals surface area contributed by atoms with Crippen LogP contribution in [0.2, 0.25) is 0 Å². The number of hydrogen-bond acceptors (Lipinski definition) is 3. The van der Waals surface area contributed by atoms with Gasteiger partial charge in [-0.25, -0.2) is 0 Å². The molecular weight excluding hydrogens is 405 g/mol. The molecule has 136 valence electrons. The molecule has 0 aliphatic carbocycles. The fourth-order valence-electron chi connectivity index (χ4n) is 2.53. The lowest BCUT2D eigenvalue weighted by atomic mass is 9.99. The van der Waals surface area contributed by atoms with E-state index in [1.165, 1.54) is 32.9 Å². The summed E-state index contributed by atoms with van der Waals surface area (Å²) in [5, 5.41) is 9.22. The van der Waals surface area contributed by atoms with Crippen molar-refractivity contribution in [3.05, 3.63) is 0 Å². The van der Waals surface area contributed by atoms with Crippen LogP contribution in [-0.4, -0.2) is 62.6 Å². The highest BCUT2D eigenvalue weighted by molar-refractivity contribution is 14.0. The van der Waals surface area contributed by atoms with Crippen LogP contribution in [0.25, 0.3) is 0 Å². The summed E-state index contributed by atoms with van der Waals surface area (Å²) in [7, 11) is 0. The Morgan fingerprint density at radius 3 is 2.43 bits per heavy atom. The quantitative estimate of drug-likeness (QED) is 0.232. The number of rotatable bonds is 8. The molecule has 1 fully saturated rings. The summed E-state index contributed by atoms with van der Waals surface area (Å²) >= 11 is 0. The summed E-state index contributed by atoms with van der Waals surface area (Å²) < 4.78 is 0. The number of hydrogen-bond donors (Lipinski definition) is 3. The Morgan fingerprint density at radius 1 is 1.17 bits per heavy atom. The molecule has 0 unspecified atom stereocenters. The second kappa shape index (κ2) is 13.8. The van der Waals surface area contributed by atoms with E-state index in [4.69, 9.17) is 0 Å². The van der Waals surface area contributed by atoms with Crippen molar-refractivity contribution in [1.82, 2.24) is 20.9 Å². The highest BCUT2D eigenvalue weighted by atomic mass is 127. The van der Waals surface area contributed by atoms with E-state index >= 15 is 0 Å². The first-order valence-corrected chi connectivity index (χ1v) is 8.60. The average molecular weight is 439 g/mol. The van der Waals surface area contributed by atoms with Crippen LogP contribution >= 0.6 is 24.0 Å². The van der Waals surface area contributed by atoms with Crippen LogP contribution in [0.3, 0.4) is 0 Å². The molecule has 0 aromatic heterocycles. The van der Waals surface area contributed by atoms with Gasteiger partial charge in [0.2, 0.25) is 5.91 Å². The number of aliphatic imine (C=N–C) groups is 1. The smallest absolute Gasteiger partial charge is 0.216 e. The first-order valence-electron chi connectivity index (χ1n) is 8.60. The zero-order valence-electron chi connectivity index (χ0n) is 14.9. The molecule has 0 aromatic rings. The van der Waals surface area contributed by atoms with Crippen LogP contribution in [0.4, 0.5) is 0 Å². The number of piperidine rings is 1. The standard InChI is InChI=1S/C16H33N5O.HI/c1-4-17-16(20-10-9-18-15(3)22)19-8-5-11-21-12-6-14(2)7-13-21;/h14H,4-13H2,1-3H3,(H,18,22)(H2,17,19,20);1H. The highest BCUT2D eigenvalue weighted by Gasteiger charge is 2.14. The van der Waals surface area contributed by atoms with Crippen LogP contribution in [-0.2, 0) is 4.79 Å². The van der Waals surface area contributed by atoms with Crippen molar-refractivity contribution in [3.63, 3.8) is 0 Å². The molecule has 0 saturated carbocycles. The molecule has 1 heterocycles. The minimum atomic E-state index is -0.000380. The van der Waals surface area contributed by atoms with E-state index in [1.54, 1.807) is 0 Å². The topological polar surface area (TPSA) is 68.8 Å². The van der Waals surface area contributed by atoms with Gasteiger partial charge in [0.15, 0.2) is 5.96 Å². The Labute approximate surface area is 158 Å². The number of nitrogens with zero attached hydrogens (tertiary/aromatic N) is 2. The maximum absolute atomic E-state index is 10.8. The van der Waals surface area contributed by atoms with Gasteiger partial charge in [-0.3, -0.25) is 9.79 Å². The van der Waals surface area contributed by atoms with Crippen molar-refractivity contribution in [2.45, 2.75) is 40.0 Å². The van der Waals surface area contributed by atoms with E-state index in [0.29, 0.717) is 13.1 Å². The van der Waals surface area contributed by atoms with E-state index in [-0.39, 0.29) is 29.9 Å². The lowest BCUT2D eigenvalue weighted by Crippen LogP contribution is -2.41. The Kier molecular flexibility index (Phi) is 13.5. The number of carbonyl (C=O) groups is 1. The molecular formula is C16H34IN5O. The first-order chi connectivity index (χ1) is 10.6. The SMILES string of the molecule is CCNC(=NCCCN1CCC(C)CC1)NCCNC(C)=O.I. The summed E-state index contributed by atoms with van der Waals surface area (Å²) in [5.74, 6) is 1.72. The minimum Gasteiger partial charge on any atom is -0.357 e. The Bertz CT molecular complexity index is 343. The van der Waals surface area contributed by atoms with Crippen molar-refractivity contribution in [3.8, 4) is 0 Å². The van der Waals surface area contributed by atoms with Crippen LogP contribution in [0.15, 0.2) is 4.99 Å². The van der Waals surface area contributed by atoms with Crippen LogP contribution < -0.4 is 16.0 Å². The fourth-order valence-corrected chi connectivity index (χ4v) is 2.53. The maximum Gasteiger partial charge on any atom is 0.216 e. The van der Waals surface area contributed by atoms with E-state index in [2.05, 4.69) is 39.7 Å². The van der Waals surface area contributed by atoms with Crippen molar-refractivity contribution < 1.29 is 4.79 Å². The van der Waals surface area contributed by atoms with E-state index in [0.717, 1.165) is 37.9 Å². The molecule has 1 aliphatic rings. The van der Waals surface area contributed by atoms with E-state index < -0.39 is 0 Å². The number of nitrogens with one attached hydrogen (secondary N) is 3. The zero-order chi connectivity index (χ0) is 16.2. The monoisotopic (exact) mass is 439 g/mol. The molecule has 1 rings (SSSR count). The summed E-state index contributed by atoms with van der Waals surface area (Å²) in [5.41, 5.74) is 0. The fraction of sp³-hybridized carbons (Fsp3) is 0.875. The van der Waals surface area contributed by atoms with Gasteiger partial charge in [0, 0.05) is 33.1 Å². The van der Waals surface area contributed by atoms with Gasteiger partial charge in [-0.05, 0) is 51.7 Å². The van der Waals surface area contributed by atoms with Gasteiger partial charge in [-0.1, -0.05) is 6.92 Å². The number of likely N-dealkylation sites (tertiary alicyclic amines) is 1. The van der Waals surface area contributed by atoms with Crippen molar-refractivity contribution in [2.75, 3.05) is 45.8 Å². The predicted octanol–water partition coefficient (Wildman–Crippen LogP) is 1.42. The number of amides is 1. The Morgan fingerprint density at radius 2 is 1.83 bits per heavy atom. The predicted molar refractivity (Wildman–Crippen MR) is 108 cm³/mol. The van der Waals surface area contributed by atoms with Gasteiger partial charge in [0.05, 0.1) is 0 Å². The molecule has 6 nitrogen and oxygen atoms in total. The van der Waals surface area contributed by atoms with Gasteiger partial charge in [0.1, 0.15) is 0 Å². The summed E-state index contributed by atoms with van der Waals surface area (Å²) in [6.07, 6.45) is 3.75. The third kappa shape index (κ3) is 11.6. The van der Waals surface area contributed by atoms with Crippen molar-refractivity contribution >= 4 is 35.8 Å². The third-order valence-corrected chi connectivity index (χ3v) is 3.91. The molecule has 23 heavy (non-hydrogen) atoms. The molecule has 0 spiro atoms. The van der Waals surface area contributed by atoms with Gasteiger partial charge in [-0.2, -0.15) is 0 Å². The van der Waals surface area contributed by atoms with Gasteiger partial charge in [-0.15, -0.1) is 24.0 Å². The van der Waals surface area contributed by atoms with Gasteiger partial charge < -0.3 is 20.9 Å². The molecule has 1 aliphatic heterocycles. The summed E-state index contributed by atoms with van der Waals surface area (Å²) in [6, 6.07) is 0. The molecule has 7 heteroatoms. The van der Waals surface area contributed by atoms with Crippen LogP contribution in [0, 0.1) is 5.92 Å². The third-order valence-electron chi connectivity index (χ3n) is 3.91. The van der Waals surface area contributed by atoms with Crippen molar-refractivity contribution in [2.24, 2.45) is 10.9 Å². The number of guanidine groups is 1. The molecule has 0 atom stereocenters. The lowest BCUT2D eigenvalue weighted by Gasteiger charge is -2.29. The lowest BCUT2D eigenvalue weighted by molar-refractivity contribution is -0.118. The van der Waals surface area contributed by atoms with Crippen LogP contribution in [0.5, 0.6) is 0 Å². The number of carbonyl (C=O) groups excluding carboxylic acids is 1. The van der Waals surface area contributed by atoms with Crippen LogP contribution in [0.1, 0.15) is 40.0 Å². The van der Waals surface area contributed by atoms with Crippen molar-refractivity contribution in [1.29, 1.82) is 0 Å². The second-order valence-electron chi connectivity index (χ2n) is 6.05. The Hall–Kier alpha value is -0.570. The first kappa shape index (κ1) is 22.4. The molecule has 0 bridgehead atoms. The molecule has 0 aromatic carbocycles. The zero-order valence-corrected chi connectivity index (χ0v) is 17.2. The van der Waals surface area contributed by atoms with Gasteiger partial charge in [0.25, 0.3) is 0 Å². The summed E-state index contributed by atoms with van der Waals surface area (Å²) in [4.78, 5) is 17.9. The largest absolute Gasteiger partial charge is 0.357 e.